The Labute approximate surface area is 64.0 Å². The summed E-state index contributed by atoms with van der Waals surface area (Å²) in [6.45, 7) is 4.27. The second-order valence-electron chi connectivity index (χ2n) is 2.91. The summed E-state index contributed by atoms with van der Waals surface area (Å²) in [5.74, 6) is 0. The third-order valence-corrected chi connectivity index (χ3v) is 1.79. The molecule has 0 unspecified atom stereocenters. The Hall–Kier alpha value is -0.0800. The van der Waals surface area contributed by atoms with Crippen molar-refractivity contribution in [1.29, 1.82) is 0 Å². The molecule has 0 spiro atoms. The third-order valence-electron chi connectivity index (χ3n) is 1.79. The summed E-state index contributed by atoms with van der Waals surface area (Å²) in [5.41, 5.74) is 11.6. The van der Waals surface area contributed by atoms with Crippen LogP contribution in [0.15, 0.2) is 0 Å². The molecule has 0 aromatic rings. The summed E-state index contributed by atoms with van der Waals surface area (Å²) in [4.78, 5) is 0. The van der Waals surface area contributed by atoms with Gasteiger partial charge in [-0.3, -0.25) is 0 Å². The van der Waals surface area contributed by atoms with Crippen LogP contribution >= 0.6 is 0 Å². The van der Waals surface area contributed by atoms with Gasteiger partial charge in [-0.1, -0.05) is 26.7 Å². The molecule has 0 aromatic heterocycles. The van der Waals surface area contributed by atoms with Crippen LogP contribution in [-0.2, 0) is 0 Å². The van der Waals surface area contributed by atoms with Crippen LogP contribution < -0.4 is 11.5 Å². The van der Waals surface area contributed by atoms with E-state index in [1.165, 1.54) is 0 Å². The molecule has 0 aliphatic heterocycles. The van der Waals surface area contributed by atoms with Gasteiger partial charge in [-0.25, -0.2) is 0 Å². The van der Waals surface area contributed by atoms with E-state index in [0.717, 1.165) is 25.7 Å². The molecule has 10 heavy (non-hydrogen) atoms. The molecule has 0 rings (SSSR count). The van der Waals surface area contributed by atoms with Gasteiger partial charge in [-0.05, 0) is 12.8 Å². The maximum absolute atomic E-state index is 5.79. The molecule has 0 fully saturated rings. The highest BCUT2D eigenvalue weighted by molar-refractivity contribution is 4.74. The van der Waals surface area contributed by atoms with Gasteiger partial charge in [0.25, 0.3) is 0 Å². The fraction of sp³-hybridized carbons (Fsp3) is 1.00. The molecule has 0 radical (unpaired) electrons. The van der Waals surface area contributed by atoms with E-state index in [9.17, 15) is 0 Å². The summed E-state index contributed by atoms with van der Waals surface area (Å²) in [5, 5.41) is 0. The Kier molecular flexibility index (Phi) is 5.64. The summed E-state index contributed by atoms with van der Waals surface area (Å²) < 4.78 is 0. The van der Waals surface area contributed by atoms with Crippen molar-refractivity contribution >= 4 is 0 Å². The molecule has 4 N–H and O–H groups in total. The molecule has 0 heterocycles. The van der Waals surface area contributed by atoms with E-state index < -0.39 is 0 Å². The maximum Gasteiger partial charge on any atom is 0.0192 e. The van der Waals surface area contributed by atoms with Gasteiger partial charge in [0.2, 0.25) is 0 Å². The molecule has 2 heteroatoms. The second kappa shape index (κ2) is 5.69. The van der Waals surface area contributed by atoms with Crippen LogP contribution in [0.5, 0.6) is 0 Å². The van der Waals surface area contributed by atoms with Crippen molar-refractivity contribution in [3.8, 4) is 0 Å². The molecule has 2 nitrogen and oxygen atoms in total. The van der Waals surface area contributed by atoms with Gasteiger partial charge in [0.15, 0.2) is 0 Å². The van der Waals surface area contributed by atoms with E-state index in [0.29, 0.717) is 0 Å². The smallest absolute Gasteiger partial charge is 0.0192 e. The van der Waals surface area contributed by atoms with Gasteiger partial charge in [0.05, 0.1) is 0 Å². The SMILES string of the molecule is CCC[C@@H](N)[C@@H](N)CCC. The minimum absolute atomic E-state index is 0.213. The summed E-state index contributed by atoms with van der Waals surface area (Å²) in [6.07, 6.45) is 4.39. The van der Waals surface area contributed by atoms with Crippen LogP contribution in [0.2, 0.25) is 0 Å². The van der Waals surface area contributed by atoms with Gasteiger partial charge in [-0.15, -0.1) is 0 Å². The maximum atomic E-state index is 5.79. The van der Waals surface area contributed by atoms with Gasteiger partial charge < -0.3 is 11.5 Å². The first-order chi connectivity index (χ1) is 4.72. The zero-order valence-corrected chi connectivity index (χ0v) is 7.14. The van der Waals surface area contributed by atoms with Crippen LogP contribution in [0.4, 0.5) is 0 Å². The van der Waals surface area contributed by atoms with E-state index in [1.54, 1.807) is 0 Å². The van der Waals surface area contributed by atoms with Gasteiger partial charge in [0.1, 0.15) is 0 Å². The molecular weight excluding hydrogens is 124 g/mol. The molecule has 0 bridgehead atoms. The fourth-order valence-electron chi connectivity index (χ4n) is 1.09. The summed E-state index contributed by atoms with van der Waals surface area (Å²) >= 11 is 0. The first kappa shape index (κ1) is 9.92. The topological polar surface area (TPSA) is 52.0 Å². The lowest BCUT2D eigenvalue weighted by molar-refractivity contribution is 0.462. The predicted molar refractivity (Wildman–Crippen MR) is 45.8 cm³/mol. The van der Waals surface area contributed by atoms with Gasteiger partial charge in [-0.2, -0.15) is 0 Å². The third kappa shape index (κ3) is 3.85. The van der Waals surface area contributed by atoms with Gasteiger partial charge >= 0.3 is 0 Å². The number of hydrogen-bond donors (Lipinski definition) is 2. The Morgan fingerprint density at radius 2 is 1.20 bits per heavy atom. The van der Waals surface area contributed by atoms with Gasteiger partial charge in [0, 0.05) is 12.1 Å². The lowest BCUT2D eigenvalue weighted by Gasteiger charge is -2.17. The highest BCUT2D eigenvalue weighted by atomic mass is 14.8. The molecule has 0 aliphatic rings. The summed E-state index contributed by atoms with van der Waals surface area (Å²) in [6, 6.07) is 0.426. The largest absolute Gasteiger partial charge is 0.326 e. The molecular formula is C8H20N2. The highest BCUT2D eigenvalue weighted by Gasteiger charge is 2.09. The minimum Gasteiger partial charge on any atom is -0.326 e. The number of rotatable bonds is 5. The minimum atomic E-state index is 0.213. The van der Waals surface area contributed by atoms with E-state index in [-0.39, 0.29) is 12.1 Å². The normalized spacial score (nSPS) is 16.8. The van der Waals surface area contributed by atoms with Crippen molar-refractivity contribution < 1.29 is 0 Å². The molecule has 0 aromatic carbocycles. The van der Waals surface area contributed by atoms with Crippen LogP contribution in [-0.4, -0.2) is 12.1 Å². The molecule has 0 saturated heterocycles. The lowest BCUT2D eigenvalue weighted by Crippen LogP contribution is -2.40. The first-order valence-corrected chi connectivity index (χ1v) is 4.23. The molecule has 62 valence electrons. The zero-order chi connectivity index (χ0) is 7.98. The van der Waals surface area contributed by atoms with Crippen molar-refractivity contribution in [3.05, 3.63) is 0 Å². The van der Waals surface area contributed by atoms with E-state index in [1.807, 2.05) is 0 Å². The molecule has 0 saturated carbocycles. The standard InChI is InChI=1S/C8H20N2/c1-3-5-7(9)8(10)6-4-2/h7-8H,3-6,9-10H2,1-2H3/t7-,8+. The van der Waals surface area contributed by atoms with Crippen molar-refractivity contribution in [2.45, 2.75) is 51.6 Å². The summed E-state index contributed by atoms with van der Waals surface area (Å²) in [7, 11) is 0. The quantitative estimate of drug-likeness (QED) is 0.610. The monoisotopic (exact) mass is 144 g/mol. The lowest BCUT2D eigenvalue weighted by atomic mass is 10.0. The van der Waals surface area contributed by atoms with E-state index in [4.69, 9.17) is 11.5 Å². The van der Waals surface area contributed by atoms with Crippen molar-refractivity contribution in [2.24, 2.45) is 11.5 Å². The van der Waals surface area contributed by atoms with E-state index >= 15 is 0 Å². The van der Waals surface area contributed by atoms with Crippen LogP contribution in [0.3, 0.4) is 0 Å². The Morgan fingerprint density at radius 3 is 1.40 bits per heavy atom. The van der Waals surface area contributed by atoms with Crippen LogP contribution in [0.1, 0.15) is 39.5 Å². The van der Waals surface area contributed by atoms with Crippen LogP contribution in [0, 0.1) is 0 Å². The molecule has 0 aliphatic carbocycles. The number of nitrogens with two attached hydrogens (primary N) is 2. The van der Waals surface area contributed by atoms with Crippen molar-refractivity contribution in [2.75, 3.05) is 0 Å². The molecule has 0 amide bonds. The predicted octanol–water partition coefficient (Wildman–Crippen LogP) is 1.24. The van der Waals surface area contributed by atoms with Crippen molar-refractivity contribution in [3.63, 3.8) is 0 Å². The first-order valence-electron chi connectivity index (χ1n) is 4.23. The fourth-order valence-corrected chi connectivity index (χ4v) is 1.09. The van der Waals surface area contributed by atoms with Crippen LogP contribution in [0.25, 0.3) is 0 Å². The Balaban J connectivity index is 3.38. The Morgan fingerprint density at radius 1 is 0.900 bits per heavy atom. The average Bonchev–Trinajstić information content (AvgIpc) is 1.89. The number of hydrogen-bond acceptors (Lipinski definition) is 2. The van der Waals surface area contributed by atoms with Crippen molar-refractivity contribution in [1.82, 2.24) is 0 Å². The highest BCUT2D eigenvalue weighted by Crippen LogP contribution is 2.02. The Bertz CT molecular complexity index is 63.7. The second-order valence-corrected chi connectivity index (χ2v) is 2.91. The average molecular weight is 144 g/mol. The zero-order valence-electron chi connectivity index (χ0n) is 7.14. The van der Waals surface area contributed by atoms with E-state index in [2.05, 4.69) is 13.8 Å². The molecule has 2 atom stereocenters.